The number of hydrogen-bond donors (Lipinski definition) is 3. The summed E-state index contributed by atoms with van der Waals surface area (Å²) in [5.41, 5.74) is 8.97. The van der Waals surface area contributed by atoms with Crippen molar-refractivity contribution in [2.45, 2.75) is 51.1 Å². The van der Waals surface area contributed by atoms with Crippen LogP contribution in [0.15, 0.2) is 79.1 Å². The summed E-state index contributed by atoms with van der Waals surface area (Å²) in [6.07, 6.45) is 6.70. The van der Waals surface area contributed by atoms with Gasteiger partial charge in [0.1, 0.15) is 6.04 Å². The predicted octanol–water partition coefficient (Wildman–Crippen LogP) is 4.14. The molecule has 4 rings (SSSR count). The van der Waals surface area contributed by atoms with Gasteiger partial charge in [0.05, 0.1) is 13.2 Å². The van der Waals surface area contributed by atoms with E-state index in [0.717, 1.165) is 42.5 Å². The molecule has 1 aliphatic carbocycles. The second-order valence-electron chi connectivity index (χ2n) is 10.4. The largest absolute Gasteiger partial charge is 0.395 e. The fraction of sp³-hybridized carbons (Fsp3) is 0.375. The molecular formula is C32H39N5O4. The molecule has 1 saturated carbocycles. The van der Waals surface area contributed by atoms with Crippen molar-refractivity contribution in [3.8, 4) is 0 Å². The third-order valence-electron chi connectivity index (χ3n) is 7.76. The highest BCUT2D eigenvalue weighted by molar-refractivity contribution is 5.92. The number of pyridine rings is 1. The summed E-state index contributed by atoms with van der Waals surface area (Å²) in [4.78, 5) is 46.4. The summed E-state index contributed by atoms with van der Waals surface area (Å²) >= 11 is 0. The Morgan fingerprint density at radius 3 is 2.39 bits per heavy atom. The molecule has 2 aromatic carbocycles. The van der Waals surface area contributed by atoms with Crippen molar-refractivity contribution in [3.63, 3.8) is 0 Å². The zero-order chi connectivity index (χ0) is 29.2. The molecule has 1 heterocycles. The second kappa shape index (κ2) is 14.4. The standard InChI is InChI=1S/C32H39N5O4/c1-2-36(19-20-38)32(41)37(26-10-4-3-5-11-26)22-23-14-16-24(17-15-23)27-12-6-7-13-28(27)31(40)35-29(30(33)39)25-9-8-18-34-21-25/h3-5,8-11,14-18,21,27-29,38H,2,6-7,12-13,19-20,22H2,1H3,(H2,33,39)(H,35,40)/t27-,28+,29-/m0/s1. The Morgan fingerprint density at radius 1 is 1.02 bits per heavy atom. The van der Waals surface area contributed by atoms with Gasteiger partial charge < -0.3 is 21.1 Å². The van der Waals surface area contributed by atoms with E-state index in [1.807, 2.05) is 61.5 Å². The lowest BCUT2D eigenvalue weighted by molar-refractivity contribution is -0.131. The number of primary amides is 1. The average Bonchev–Trinajstić information content (AvgIpc) is 3.02. The zero-order valence-corrected chi connectivity index (χ0v) is 23.5. The van der Waals surface area contributed by atoms with E-state index in [2.05, 4.69) is 10.3 Å². The maximum Gasteiger partial charge on any atom is 0.324 e. The molecule has 9 heteroatoms. The first kappa shape index (κ1) is 29.7. The van der Waals surface area contributed by atoms with Gasteiger partial charge in [-0.15, -0.1) is 0 Å². The normalized spacial score (nSPS) is 17.3. The van der Waals surface area contributed by atoms with Gasteiger partial charge in [-0.25, -0.2) is 4.79 Å². The Bertz CT molecular complexity index is 1290. The highest BCUT2D eigenvalue weighted by Crippen LogP contribution is 2.38. The number of carbonyl (C=O) groups is 3. The number of rotatable bonds is 11. The quantitative estimate of drug-likeness (QED) is 0.326. The first-order valence-corrected chi connectivity index (χ1v) is 14.2. The third kappa shape index (κ3) is 7.49. The van der Waals surface area contributed by atoms with E-state index in [1.165, 1.54) is 0 Å². The lowest BCUT2D eigenvalue weighted by atomic mass is 9.74. The molecule has 0 unspecified atom stereocenters. The zero-order valence-electron chi connectivity index (χ0n) is 23.5. The topological polar surface area (TPSA) is 129 Å². The summed E-state index contributed by atoms with van der Waals surface area (Å²) in [6, 6.07) is 19.9. The fourth-order valence-corrected chi connectivity index (χ4v) is 5.57. The number of hydrogen-bond acceptors (Lipinski definition) is 5. The van der Waals surface area contributed by atoms with Crippen LogP contribution in [0, 0.1) is 5.92 Å². The van der Waals surface area contributed by atoms with Gasteiger partial charge in [0, 0.05) is 42.7 Å². The maximum absolute atomic E-state index is 13.5. The molecule has 0 bridgehead atoms. The van der Waals surface area contributed by atoms with Crippen molar-refractivity contribution in [2.75, 3.05) is 24.6 Å². The number of aliphatic hydroxyl groups is 1. The first-order chi connectivity index (χ1) is 19.9. The summed E-state index contributed by atoms with van der Waals surface area (Å²) < 4.78 is 0. The van der Waals surface area contributed by atoms with E-state index in [9.17, 15) is 19.5 Å². The predicted molar refractivity (Wildman–Crippen MR) is 158 cm³/mol. The van der Waals surface area contributed by atoms with E-state index < -0.39 is 11.9 Å². The Hall–Kier alpha value is -4.24. The smallest absolute Gasteiger partial charge is 0.324 e. The molecule has 4 amide bonds. The number of amides is 4. The summed E-state index contributed by atoms with van der Waals surface area (Å²) in [6.45, 7) is 2.91. The second-order valence-corrected chi connectivity index (χ2v) is 10.4. The Morgan fingerprint density at radius 2 is 1.76 bits per heavy atom. The van der Waals surface area contributed by atoms with Crippen molar-refractivity contribution >= 4 is 23.5 Å². The van der Waals surface area contributed by atoms with Gasteiger partial charge in [0.2, 0.25) is 11.8 Å². The summed E-state index contributed by atoms with van der Waals surface area (Å²) in [5, 5.41) is 12.3. The number of carbonyl (C=O) groups excluding carboxylic acids is 3. The summed E-state index contributed by atoms with van der Waals surface area (Å²) in [5.74, 6) is -1.09. The van der Waals surface area contributed by atoms with E-state index in [-0.39, 0.29) is 36.9 Å². The Kier molecular flexibility index (Phi) is 10.5. The molecular weight excluding hydrogens is 518 g/mol. The van der Waals surface area contributed by atoms with Crippen molar-refractivity contribution < 1.29 is 19.5 Å². The number of nitrogens with two attached hydrogens (primary N) is 1. The minimum absolute atomic E-state index is 0.00669. The molecule has 4 N–H and O–H groups in total. The molecule has 0 aliphatic heterocycles. The van der Waals surface area contributed by atoms with Crippen molar-refractivity contribution in [2.24, 2.45) is 11.7 Å². The minimum Gasteiger partial charge on any atom is -0.395 e. The maximum atomic E-state index is 13.5. The number of para-hydroxylation sites is 1. The van der Waals surface area contributed by atoms with Crippen LogP contribution in [0.4, 0.5) is 10.5 Å². The van der Waals surface area contributed by atoms with Gasteiger partial charge in [-0.1, -0.05) is 61.4 Å². The van der Waals surface area contributed by atoms with Crippen LogP contribution in [0.3, 0.4) is 0 Å². The third-order valence-corrected chi connectivity index (χ3v) is 7.76. The van der Waals surface area contributed by atoms with E-state index in [1.54, 1.807) is 34.3 Å². The molecule has 41 heavy (non-hydrogen) atoms. The number of benzene rings is 2. The molecule has 3 atom stereocenters. The molecule has 0 spiro atoms. The van der Waals surface area contributed by atoms with Crippen LogP contribution in [-0.4, -0.2) is 52.5 Å². The van der Waals surface area contributed by atoms with Gasteiger partial charge in [0.25, 0.3) is 0 Å². The summed E-state index contributed by atoms with van der Waals surface area (Å²) in [7, 11) is 0. The van der Waals surface area contributed by atoms with Crippen LogP contribution in [-0.2, 0) is 16.1 Å². The number of likely N-dealkylation sites (N-methyl/N-ethyl adjacent to an activating group) is 1. The highest BCUT2D eigenvalue weighted by atomic mass is 16.3. The minimum atomic E-state index is -0.934. The number of aromatic nitrogens is 1. The van der Waals surface area contributed by atoms with Gasteiger partial charge in [-0.3, -0.25) is 19.5 Å². The number of urea groups is 1. The van der Waals surface area contributed by atoms with Crippen molar-refractivity contribution in [1.82, 2.24) is 15.2 Å². The average molecular weight is 558 g/mol. The number of nitrogens with one attached hydrogen (secondary N) is 1. The molecule has 0 saturated heterocycles. The van der Waals surface area contributed by atoms with Crippen molar-refractivity contribution in [1.29, 1.82) is 0 Å². The molecule has 9 nitrogen and oxygen atoms in total. The number of aliphatic hydroxyl groups excluding tert-OH is 1. The van der Waals surface area contributed by atoms with Crippen LogP contribution in [0.2, 0.25) is 0 Å². The highest BCUT2D eigenvalue weighted by Gasteiger charge is 2.34. The van der Waals surface area contributed by atoms with Crippen LogP contribution in [0.1, 0.15) is 61.3 Å². The van der Waals surface area contributed by atoms with Crippen LogP contribution >= 0.6 is 0 Å². The van der Waals surface area contributed by atoms with E-state index in [0.29, 0.717) is 18.7 Å². The van der Waals surface area contributed by atoms with Crippen molar-refractivity contribution in [3.05, 3.63) is 95.8 Å². The SMILES string of the molecule is CCN(CCO)C(=O)N(Cc1ccc([C@@H]2CCCC[C@H]2C(=O)N[C@H](C(N)=O)c2cccnc2)cc1)c1ccccc1. The fourth-order valence-electron chi connectivity index (χ4n) is 5.57. The van der Waals surface area contributed by atoms with Gasteiger partial charge >= 0.3 is 6.03 Å². The monoisotopic (exact) mass is 557 g/mol. The molecule has 1 aliphatic rings. The molecule has 3 aromatic rings. The van der Waals surface area contributed by atoms with Gasteiger partial charge in [0.15, 0.2) is 0 Å². The number of anilines is 1. The van der Waals surface area contributed by atoms with E-state index in [4.69, 9.17) is 5.73 Å². The van der Waals surface area contributed by atoms with Gasteiger partial charge in [-0.2, -0.15) is 0 Å². The lowest BCUT2D eigenvalue weighted by Gasteiger charge is -2.32. The van der Waals surface area contributed by atoms with E-state index >= 15 is 0 Å². The Labute approximate surface area is 241 Å². The molecule has 1 aromatic heterocycles. The van der Waals surface area contributed by atoms with Gasteiger partial charge in [-0.05, 0) is 55.0 Å². The molecule has 216 valence electrons. The van der Waals surface area contributed by atoms with Crippen LogP contribution in [0.5, 0.6) is 0 Å². The Balaban J connectivity index is 1.51. The lowest BCUT2D eigenvalue weighted by Crippen LogP contribution is -2.44. The van der Waals surface area contributed by atoms with Crippen LogP contribution in [0.25, 0.3) is 0 Å². The number of nitrogens with zero attached hydrogens (tertiary/aromatic N) is 3. The molecule has 0 radical (unpaired) electrons. The first-order valence-electron chi connectivity index (χ1n) is 14.2. The molecule has 1 fully saturated rings. The van der Waals surface area contributed by atoms with Crippen LogP contribution < -0.4 is 16.0 Å².